The Morgan fingerprint density at radius 1 is 0.960 bits per heavy atom. The van der Waals surface area contributed by atoms with Crippen LogP contribution in [-0.2, 0) is 11.5 Å². The number of hydrogen-bond donors (Lipinski definition) is 0. The molecule has 5 nitrogen and oxygen atoms in total. The van der Waals surface area contributed by atoms with E-state index in [0.29, 0.717) is 15.7 Å². The number of hydrogen-bond acceptors (Lipinski definition) is 6. The summed E-state index contributed by atoms with van der Waals surface area (Å²) in [6, 6.07) is 15.3. The van der Waals surface area contributed by atoms with Crippen molar-refractivity contribution in [3.05, 3.63) is 80.2 Å². The molecule has 0 unspecified atom stereocenters. The Bertz CT molecular complexity index is 696. The standard InChI is InChI=1S/C18H18NO4S2/c1-22-16-9-5-3-7-14(16)12-24-18(11-19(20)21)25-13-15-8-4-6-10-17(15)23-2/h3-10H,12-13H2,1-2H3/q-1. The van der Waals surface area contributed by atoms with E-state index in [9.17, 15) is 10.1 Å². The average Bonchev–Trinajstić information content (AvgIpc) is 2.64. The maximum atomic E-state index is 10.9. The van der Waals surface area contributed by atoms with E-state index in [-0.39, 0.29) is 0 Å². The Morgan fingerprint density at radius 2 is 1.40 bits per heavy atom. The lowest BCUT2D eigenvalue weighted by Crippen LogP contribution is -1.93. The Hall–Kier alpha value is -2.12. The Labute approximate surface area is 155 Å². The molecule has 0 atom stereocenters. The molecule has 0 heterocycles. The molecular formula is C18H18NO4S2-. The average molecular weight is 376 g/mol. The molecule has 0 bridgehead atoms. The predicted molar refractivity (Wildman–Crippen MR) is 102 cm³/mol. The van der Waals surface area contributed by atoms with Crippen LogP contribution in [0, 0.1) is 16.3 Å². The van der Waals surface area contributed by atoms with Crippen LogP contribution in [0.1, 0.15) is 11.1 Å². The summed E-state index contributed by atoms with van der Waals surface area (Å²) in [5.41, 5.74) is 1.96. The van der Waals surface area contributed by atoms with Crippen molar-refractivity contribution in [2.45, 2.75) is 11.5 Å². The maximum Gasteiger partial charge on any atom is 0.122 e. The number of thioether (sulfide) groups is 2. The summed E-state index contributed by atoms with van der Waals surface area (Å²) in [4.78, 5) is 10.3. The number of methoxy groups -OCH3 is 2. The molecule has 2 aromatic carbocycles. The zero-order chi connectivity index (χ0) is 18.1. The highest BCUT2D eigenvalue weighted by Crippen LogP contribution is 2.36. The smallest absolute Gasteiger partial charge is 0.122 e. The van der Waals surface area contributed by atoms with Crippen molar-refractivity contribution in [2.24, 2.45) is 0 Å². The van der Waals surface area contributed by atoms with Crippen LogP contribution in [0.15, 0.2) is 52.8 Å². The molecule has 0 N–H and O–H groups in total. The maximum absolute atomic E-state index is 10.9. The summed E-state index contributed by atoms with van der Waals surface area (Å²) in [6.45, 7) is 0. The second-order valence-electron chi connectivity index (χ2n) is 4.86. The van der Waals surface area contributed by atoms with Gasteiger partial charge in [0.25, 0.3) is 0 Å². The third-order valence-electron chi connectivity index (χ3n) is 3.29. The molecule has 0 saturated heterocycles. The van der Waals surface area contributed by atoms with E-state index in [0.717, 1.165) is 22.6 Å². The summed E-state index contributed by atoms with van der Waals surface area (Å²) in [5.74, 6) is 2.67. The van der Waals surface area contributed by atoms with Gasteiger partial charge in [-0.25, -0.2) is 0 Å². The molecule has 0 aromatic heterocycles. The van der Waals surface area contributed by atoms with Crippen molar-refractivity contribution in [3.63, 3.8) is 0 Å². The molecule has 0 aliphatic rings. The largest absolute Gasteiger partial charge is 0.496 e. The molecule has 0 fully saturated rings. The van der Waals surface area contributed by atoms with Crippen LogP contribution in [0.3, 0.4) is 0 Å². The fraction of sp³-hybridized carbons (Fsp3) is 0.222. The lowest BCUT2D eigenvalue weighted by molar-refractivity contribution is -0.419. The van der Waals surface area contributed by atoms with Gasteiger partial charge in [0.05, 0.1) is 14.2 Å². The monoisotopic (exact) mass is 376 g/mol. The SMILES string of the molecule is COc1ccccc1CSC(=[C-][N+](=O)[O-])SCc1ccccc1OC. The normalized spacial score (nSPS) is 10.2. The second-order valence-corrected chi connectivity index (χ2v) is 7.09. The second kappa shape index (κ2) is 10.0. The minimum absolute atomic E-state index is 0.516. The van der Waals surface area contributed by atoms with Crippen LogP contribution < -0.4 is 9.47 Å². The first-order valence-electron chi connectivity index (χ1n) is 7.41. The van der Waals surface area contributed by atoms with Gasteiger partial charge in [-0.1, -0.05) is 46.8 Å². The van der Waals surface area contributed by atoms with Gasteiger partial charge in [0.2, 0.25) is 0 Å². The Kier molecular flexibility index (Phi) is 7.69. The van der Waals surface area contributed by atoms with Crippen LogP contribution >= 0.6 is 23.5 Å². The van der Waals surface area contributed by atoms with Crippen molar-refractivity contribution < 1.29 is 14.4 Å². The summed E-state index contributed by atoms with van der Waals surface area (Å²) in [6.07, 6.45) is 2.28. The summed E-state index contributed by atoms with van der Waals surface area (Å²) < 4.78 is 11.2. The first-order chi connectivity index (χ1) is 12.1. The van der Waals surface area contributed by atoms with Crippen molar-refractivity contribution >= 4 is 23.5 Å². The van der Waals surface area contributed by atoms with Gasteiger partial charge in [0, 0.05) is 22.6 Å². The number of para-hydroxylation sites is 2. The molecular weight excluding hydrogens is 358 g/mol. The van der Waals surface area contributed by atoms with Crippen LogP contribution in [0.4, 0.5) is 0 Å². The number of nitrogens with zero attached hydrogens (tertiary/aromatic N) is 1. The minimum atomic E-state index is -0.542. The van der Waals surface area contributed by atoms with Gasteiger partial charge in [-0.05, 0) is 12.1 Å². The van der Waals surface area contributed by atoms with Gasteiger partial charge in [-0.3, -0.25) is 10.1 Å². The molecule has 0 radical (unpaired) electrons. The van der Waals surface area contributed by atoms with E-state index in [1.165, 1.54) is 23.5 Å². The number of benzene rings is 2. The topological polar surface area (TPSA) is 61.6 Å². The zero-order valence-electron chi connectivity index (χ0n) is 13.9. The molecule has 7 heteroatoms. The molecule has 25 heavy (non-hydrogen) atoms. The van der Waals surface area contributed by atoms with Crippen molar-refractivity contribution in [3.8, 4) is 11.5 Å². The molecule has 0 amide bonds. The van der Waals surface area contributed by atoms with E-state index in [1.54, 1.807) is 14.2 Å². The van der Waals surface area contributed by atoms with Crippen LogP contribution in [0.25, 0.3) is 0 Å². The van der Waals surface area contributed by atoms with Crippen molar-refractivity contribution in [2.75, 3.05) is 14.2 Å². The van der Waals surface area contributed by atoms with Gasteiger partial charge in [-0.15, -0.1) is 28.4 Å². The third kappa shape index (κ3) is 6.03. The first kappa shape index (κ1) is 19.2. The molecule has 0 saturated carbocycles. The van der Waals surface area contributed by atoms with Gasteiger partial charge in [0.15, 0.2) is 0 Å². The third-order valence-corrected chi connectivity index (χ3v) is 5.61. The lowest BCUT2D eigenvalue weighted by Gasteiger charge is -2.15. The Morgan fingerprint density at radius 3 is 1.80 bits per heavy atom. The van der Waals surface area contributed by atoms with Gasteiger partial charge in [0.1, 0.15) is 11.5 Å². The molecule has 132 valence electrons. The first-order valence-corrected chi connectivity index (χ1v) is 9.38. The fourth-order valence-corrected chi connectivity index (χ4v) is 4.13. The molecule has 2 aromatic rings. The van der Waals surface area contributed by atoms with Crippen LogP contribution in [-0.4, -0.2) is 19.1 Å². The predicted octanol–water partition coefficient (Wildman–Crippen LogP) is 4.75. The number of nitro groups is 1. The van der Waals surface area contributed by atoms with E-state index in [1.807, 2.05) is 48.5 Å². The van der Waals surface area contributed by atoms with Crippen molar-refractivity contribution in [1.82, 2.24) is 0 Å². The van der Waals surface area contributed by atoms with Gasteiger partial charge in [-0.2, -0.15) is 0 Å². The summed E-state index contributed by atoms with van der Waals surface area (Å²) >= 11 is 2.74. The fourth-order valence-electron chi connectivity index (χ4n) is 2.11. The number of ether oxygens (including phenoxy) is 2. The highest BCUT2D eigenvalue weighted by Gasteiger charge is 2.06. The highest BCUT2D eigenvalue weighted by molar-refractivity contribution is 8.21. The molecule has 0 spiro atoms. The molecule has 0 aliphatic heterocycles. The quantitative estimate of drug-likeness (QED) is 0.272. The van der Waals surface area contributed by atoms with Gasteiger partial charge < -0.3 is 9.47 Å². The zero-order valence-corrected chi connectivity index (χ0v) is 15.6. The van der Waals surface area contributed by atoms with Crippen LogP contribution in [0.2, 0.25) is 0 Å². The Balaban J connectivity index is 2.05. The van der Waals surface area contributed by atoms with Crippen LogP contribution in [0.5, 0.6) is 11.5 Å². The van der Waals surface area contributed by atoms with E-state index in [2.05, 4.69) is 6.20 Å². The van der Waals surface area contributed by atoms with E-state index in [4.69, 9.17) is 9.47 Å². The summed E-state index contributed by atoms with van der Waals surface area (Å²) in [5, 5.41) is 10.9. The van der Waals surface area contributed by atoms with Gasteiger partial charge >= 0.3 is 0 Å². The lowest BCUT2D eigenvalue weighted by atomic mass is 10.2. The highest BCUT2D eigenvalue weighted by atomic mass is 32.2. The summed E-state index contributed by atoms with van der Waals surface area (Å²) in [7, 11) is 3.22. The molecule has 0 aliphatic carbocycles. The minimum Gasteiger partial charge on any atom is -0.496 e. The van der Waals surface area contributed by atoms with Crippen molar-refractivity contribution in [1.29, 1.82) is 0 Å². The number of rotatable bonds is 9. The van der Waals surface area contributed by atoms with E-state index >= 15 is 0 Å². The van der Waals surface area contributed by atoms with E-state index < -0.39 is 4.92 Å². The molecule has 2 rings (SSSR count).